The van der Waals surface area contributed by atoms with Gasteiger partial charge in [-0.15, -0.1) is 0 Å². The number of hydrogen-bond donors (Lipinski definition) is 2. The number of aromatic nitrogens is 2. The van der Waals surface area contributed by atoms with Gasteiger partial charge < -0.3 is 16.0 Å². The van der Waals surface area contributed by atoms with E-state index in [9.17, 15) is 4.79 Å². The molecule has 0 unspecified atom stereocenters. The summed E-state index contributed by atoms with van der Waals surface area (Å²) in [7, 11) is 0. The van der Waals surface area contributed by atoms with E-state index in [2.05, 4.69) is 15.0 Å². The van der Waals surface area contributed by atoms with Gasteiger partial charge in [0.2, 0.25) is 11.8 Å². The summed E-state index contributed by atoms with van der Waals surface area (Å²) in [4.78, 5) is 17.6. The van der Waals surface area contributed by atoms with E-state index in [-0.39, 0.29) is 11.8 Å². The molecule has 0 saturated carbocycles. The van der Waals surface area contributed by atoms with Crippen molar-refractivity contribution >= 4 is 5.91 Å². The molecule has 0 aromatic carbocycles. The van der Waals surface area contributed by atoms with Crippen LogP contribution in [0.25, 0.3) is 0 Å². The van der Waals surface area contributed by atoms with E-state index >= 15 is 0 Å². The Labute approximate surface area is 112 Å². The Morgan fingerprint density at radius 1 is 1.47 bits per heavy atom. The van der Waals surface area contributed by atoms with E-state index in [1.165, 1.54) is 0 Å². The van der Waals surface area contributed by atoms with Crippen LogP contribution in [0.5, 0.6) is 0 Å². The van der Waals surface area contributed by atoms with Crippen LogP contribution in [0.4, 0.5) is 0 Å². The van der Waals surface area contributed by atoms with Crippen molar-refractivity contribution < 1.29 is 9.32 Å². The quantitative estimate of drug-likeness (QED) is 0.791. The third-order valence-corrected chi connectivity index (χ3v) is 3.39. The highest BCUT2D eigenvalue weighted by Gasteiger charge is 2.26. The summed E-state index contributed by atoms with van der Waals surface area (Å²) in [5.74, 6) is 0.864. The number of nitrogens with two attached hydrogens (primary N) is 2. The van der Waals surface area contributed by atoms with Gasteiger partial charge in [0.15, 0.2) is 5.82 Å². The first-order valence-corrected chi connectivity index (χ1v) is 6.50. The van der Waals surface area contributed by atoms with Gasteiger partial charge in [0.1, 0.15) is 0 Å². The van der Waals surface area contributed by atoms with Gasteiger partial charge in [-0.3, -0.25) is 9.69 Å². The lowest BCUT2D eigenvalue weighted by Crippen LogP contribution is -2.38. The number of hydrogen-bond acceptors (Lipinski definition) is 6. The zero-order valence-corrected chi connectivity index (χ0v) is 11.4. The Balaban J connectivity index is 1.89. The molecule has 1 saturated heterocycles. The molecule has 1 aliphatic heterocycles. The third-order valence-electron chi connectivity index (χ3n) is 3.39. The van der Waals surface area contributed by atoms with Crippen LogP contribution in [0.1, 0.15) is 38.4 Å². The number of nitrogens with zero attached hydrogens (tertiary/aromatic N) is 3. The summed E-state index contributed by atoms with van der Waals surface area (Å²) in [6.45, 7) is 5.89. The Morgan fingerprint density at radius 3 is 2.58 bits per heavy atom. The van der Waals surface area contributed by atoms with Crippen LogP contribution in [0.3, 0.4) is 0 Å². The van der Waals surface area contributed by atoms with E-state index in [0.717, 1.165) is 25.9 Å². The van der Waals surface area contributed by atoms with Gasteiger partial charge in [-0.1, -0.05) is 5.16 Å². The lowest BCUT2D eigenvalue weighted by molar-refractivity contribution is -0.123. The standard InChI is InChI=1S/C12H21N5O2/c1-12(2,14)11-15-9(19-16-11)7-17-5-3-8(4-6-17)10(13)18/h8H,3-7,14H2,1-2H3,(H2,13,18). The van der Waals surface area contributed by atoms with E-state index in [1.54, 1.807) is 0 Å². The smallest absolute Gasteiger partial charge is 0.240 e. The summed E-state index contributed by atoms with van der Waals surface area (Å²) >= 11 is 0. The molecule has 1 fully saturated rings. The lowest BCUT2D eigenvalue weighted by atomic mass is 9.96. The third kappa shape index (κ3) is 3.51. The molecule has 0 bridgehead atoms. The maximum atomic E-state index is 11.1. The summed E-state index contributed by atoms with van der Waals surface area (Å²) in [5, 5.41) is 3.88. The topological polar surface area (TPSA) is 111 Å². The van der Waals surface area contributed by atoms with Gasteiger partial charge in [-0.2, -0.15) is 4.98 Å². The van der Waals surface area contributed by atoms with Crippen LogP contribution in [-0.4, -0.2) is 34.0 Å². The molecule has 1 aromatic heterocycles. The molecule has 1 aromatic rings. The van der Waals surface area contributed by atoms with Gasteiger partial charge in [0, 0.05) is 5.92 Å². The van der Waals surface area contributed by atoms with Crippen molar-refractivity contribution in [3.05, 3.63) is 11.7 Å². The minimum atomic E-state index is -0.597. The fourth-order valence-corrected chi connectivity index (χ4v) is 2.15. The molecular weight excluding hydrogens is 246 g/mol. The van der Waals surface area contributed by atoms with E-state index in [0.29, 0.717) is 18.3 Å². The molecular formula is C12H21N5O2. The van der Waals surface area contributed by atoms with Crippen molar-refractivity contribution in [3.63, 3.8) is 0 Å². The first-order chi connectivity index (χ1) is 8.86. The Hall–Kier alpha value is -1.47. The molecule has 0 spiro atoms. The maximum absolute atomic E-state index is 11.1. The first kappa shape index (κ1) is 14.0. The average molecular weight is 267 g/mol. The highest BCUT2D eigenvalue weighted by Crippen LogP contribution is 2.19. The minimum Gasteiger partial charge on any atom is -0.369 e. The molecule has 0 atom stereocenters. The van der Waals surface area contributed by atoms with Crippen LogP contribution in [0, 0.1) is 5.92 Å². The average Bonchev–Trinajstić information content (AvgIpc) is 2.78. The van der Waals surface area contributed by atoms with Crippen molar-refractivity contribution in [2.45, 2.75) is 38.8 Å². The molecule has 0 radical (unpaired) electrons. The molecule has 2 rings (SSSR count). The van der Waals surface area contributed by atoms with Gasteiger partial charge in [-0.25, -0.2) is 0 Å². The SMILES string of the molecule is CC(C)(N)c1noc(CN2CCC(C(N)=O)CC2)n1. The van der Waals surface area contributed by atoms with Gasteiger partial charge in [-0.05, 0) is 39.8 Å². The summed E-state index contributed by atoms with van der Waals surface area (Å²) < 4.78 is 5.19. The van der Waals surface area contributed by atoms with Crippen molar-refractivity contribution in [2.24, 2.45) is 17.4 Å². The fraction of sp³-hybridized carbons (Fsp3) is 0.750. The van der Waals surface area contributed by atoms with E-state index in [1.807, 2.05) is 13.8 Å². The number of carbonyl (C=O) groups excluding carboxylic acids is 1. The summed E-state index contributed by atoms with van der Waals surface area (Å²) in [6.07, 6.45) is 1.58. The number of piperidine rings is 1. The zero-order chi connectivity index (χ0) is 14.0. The zero-order valence-electron chi connectivity index (χ0n) is 11.4. The molecule has 1 amide bonds. The van der Waals surface area contributed by atoms with E-state index in [4.69, 9.17) is 16.0 Å². The van der Waals surface area contributed by atoms with E-state index < -0.39 is 5.54 Å². The first-order valence-electron chi connectivity index (χ1n) is 6.50. The number of carbonyl (C=O) groups is 1. The molecule has 7 heteroatoms. The monoisotopic (exact) mass is 267 g/mol. The number of likely N-dealkylation sites (tertiary alicyclic amines) is 1. The highest BCUT2D eigenvalue weighted by atomic mass is 16.5. The Morgan fingerprint density at radius 2 is 2.11 bits per heavy atom. The summed E-state index contributed by atoms with van der Waals surface area (Å²) in [5.41, 5.74) is 10.6. The minimum absolute atomic E-state index is 0.00234. The largest absolute Gasteiger partial charge is 0.369 e. The van der Waals surface area contributed by atoms with Crippen molar-refractivity contribution in [3.8, 4) is 0 Å². The van der Waals surface area contributed by atoms with Crippen LogP contribution in [0.2, 0.25) is 0 Å². The molecule has 2 heterocycles. The molecule has 106 valence electrons. The number of rotatable bonds is 4. The maximum Gasteiger partial charge on any atom is 0.240 e. The van der Waals surface area contributed by atoms with Gasteiger partial charge >= 0.3 is 0 Å². The number of primary amides is 1. The van der Waals surface area contributed by atoms with Crippen molar-refractivity contribution in [2.75, 3.05) is 13.1 Å². The fourth-order valence-electron chi connectivity index (χ4n) is 2.15. The van der Waals surface area contributed by atoms with Crippen LogP contribution >= 0.6 is 0 Å². The Bertz CT molecular complexity index is 443. The predicted octanol–water partition coefficient (Wildman–Crippen LogP) is -0.0393. The second kappa shape index (κ2) is 5.26. The molecule has 7 nitrogen and oxygen atoms in total. The van der Waals surface area contributed by atoms with Crippen molar-refractivity contribution in [1.82, 2.24) is 15.0 Å². The van der Waals surface area contributed by atoms with Crippen LogP contribution in [-0.2, 0) is 16.9 Å². The lowest BCUT2D eigenvalue weighted by Gasteiger charge is -2.29. The van der Waals surface area contributed by atoms with Crippen LogP contribution in [0.15, 0.2) is 4.52 Å². The normalized spacial score (nSPS) is 18.7. The molecule has 0 aliphatic carbocycles. The van der Waals surface area contributed by atoms with Crippen molar-refractivity contribution in [1.29, 1.82) is 0 Å². The predicted molar refractivity (Wildman–Crippen MR) is 68.7 cm³/mol. The molecule has 19 heavy (non-hydrogen) atoms. The summed E-state index contributed by atoms with van der Waals surface area (Å²) in [6, 6.07) is 0. The molecule has 4 N–H and O–H groups in total. The second-order valence-electron chi connectivity index (χ2n) is 5.69. The number of amides is 1. The van der Waals surface area contributed by atoms with Crippen LogP contribution < -0.4 is 11.5 Å². The molecule has 1 aliphatic rings. The van der Waals surface area contributed by atoms with Gasteiger partial charge in [0.25, 0.3) is 0 Å². The second-order valence-corrected chi connectivity index (χ2v) is 5.69. The highest BCUT2D eigenvalue weighted by molar-refractivity contribution is 5.76. The van der Waals surface area contributed by atoms with Gasteiger partial charge in [0.05, 0.1) is 12.1 Å². The Kier molecular flexibility index (Phi) is 3.86.